The molecule has 148 valence electrons. The molecule has 0 aliphatic heterocycles. The summed E-state index contributed by atoms with van der Waals surface area (Å²) in [4.78, 5) is 30.0. The van der Waals surface area contributed by atoms with Gasteiger partial charge in [-0.2, -0.15) is 8.42 Å². The predicted octanol–water partition coefficient (Wildman–Crippen LogP) is 1.49. The Balaban J connectivity index is 2.07. The van der Waals surface area contributed by atoms with Crippen LogP contribution in [-0.2, 0) is 21.3 Å². The Hall–Kier alpha value is -2.78. The van der Waals surface area contributed by atoms with E-state index in [1.54, 1.807) is 20.0 Å². The van der Waals surface area contributed by atoms with Crippen LogP contribution in [0.25, 0.3) is 21.8 Å². The number of benzene rings is 1. The Bertz CT molecular complexity index is 1250. The number of para-hydroxylation sites is 1. The van der Waals surface area contributed by atoms with Crippen molar-refractivity contribution in [1.82, 2.24) is 14.9 Å². The number of nitrogens with one attached hydrogen (secondary N) is 1. The first kappa shape index (κ1) is 20.0. The number of aromatic nitrogens is 2. The van der Waals surface area contributed by atoms with Crippen LogP contribution in [0.5, 0.6) is 0 Å². The third-order valence-corrected chi connectivity index (χ3v) is 4.89. The Morgan fingerprint density at radius 2 is 2.04 bits per heavy atom. The van der Waals surface area contributed by atoms with Crippen molar-refractivity contribution in [2.75, 3.05) is 12.9 Å². The summed E-state index contributed by atoms with van der Waals surface area (Å²) in [6, 6.07) is 6.84. The van der Waals surface area contributed by atoms with E-state index in [0.717, 1.165) is 17.2 Å². The second-order valence-electron chi connectivity index (χ2n) is 6.85. The molecule has 1 atom stereocenters. The molecule has 0 bridgehead atoms. The maximum atomic E-state index is 12.8. The molecule has 1 unspecified atom stereocenters. The summed E-state index contributed by atoms with van der Waals surface area (Å²) in [5.41, 5.74) is 1.93. The minimum absolute atomic E-state index is 0.191. The van der Waals surface area contributed by atoms with Gasteiger partial charge in [0.2, 0.25) is 0 Å². The van der Waals surface area contributed by atoms with Crippen molar-refractivity contribution in [3.8, 4) is 0 Å². The predicted molar refractivity (Wildman–Crippen MR) is 107 cm³/mol. The lowest BCUT2D eigenvalue weighted by molar-refractivity contribution is 0.0928. The van der Waals surface area contributed by atoms with Gasteiger partial charge >= 0.3 is 0 Å². The minimum atomic E-state index is -3.60. The summed E-state index contributed by atoms with van der Waals surface area (Å²) >= 11 is 0. The highest BCUT2D eigenvalue weighted by Crippen LogP contribution is 2.22. The molecule has 2 aromatic heterocycles. The van der Waals surface area contributed by atoms with Gasteiger partial charge in [0.05, 0.1) is 40.9 Å². The first-order valence-electron chi connectivity index (χ1n) is 8.62. The van der Waals surface area contributed by atoms with Gasteiger partial charge in [-0.25, -0.2) is 4.98 Å². The van der Waals surface area contributed by atoms with Crippen molar-refractivity contribution in [1.29, 1.82) is 0 Å². The van der Waals surface area contributed by atoms with Gasteiger partial charge in [-0.15, -0.1) is 0 Å². The Labute approximate surface area is 162 Å². The van der Waals surface area contributed by atoms with E-state index in [2.05, 4.69) is 10.3 Å². The molecule has 3 rings (SSSR count). The van der Waals surface area contributed by atoms with Gasteiger partial charge in [0.1, 0.15) is 0 Å². The Morgan fingerprint density at radius 3 is 2.71 bits per heavy atom. The van der Waals surface area contributed by atoms with Crippen LogP contribution in [0, 0.1) is 6.92 Å². The van der Waals surface area contributed by atoms with Crippen LogP contribution in [0.15, 0.2) is 35.3 Å². The van der Waals surface area contributed by atoms with Crippen molar-refractivity contribution in [3.05, 3.63) is 51.9 Å². The van der Waals surface area contributed by atoms with E-state index >= 15 is 0 Å². The Kier molecular flexibility index (Phi) is 5.22. The Morgan fingerprint density at radius 1 is 1.32 bits per heavy atom. The standard InChI is InChI=1S/C19H21N3O5S/c1-11-6-5-7-13-8-14-17(21-16(11)13)15(9-22(3)19(14)24)18(23)20-12(2)10-27-28(4,25)26/h5-9,12H,10H2,1-4H3,(H,20,23). The zero-order valence-electron chi connectivity index (χ0n) is 16.0. The van der Waals surface area contributed by atoms with Crippen molar-refractivity contribution in [2.45, 2.75) is 19.9 Å². The number of carbonyl (C=O) groups excluding carboxylic acids is 1. The molecule has 3 aromatic rings. The summed E-state index contributed by atoms with van der Waals surface area (Å²) < 4.78 is 28.3. The molecule has 0 spiro atoms. The van der Waals surface area contributed by atoms with E-state index in [1.165, 1.54) is 10.8 Å². The number of aryl methyl sites for hydroxylation is 2. The number of pyridine rings is 2. The molecule has 0 saturated carbocycles. The summed E-state index contributed by atoms with van der Waals surface area (Å²) in [7, 11) is -2.04. The van der Waals surface area contributed by atoms with E-state index in [9.17, 15) is 18.0 Å². The number of nitrogens with zero attached hydrogens (tertiary/aromatic N) is 2. The maximum Gasteiger partial charge on any atom is 0.264 e. The minimum Gasteiger partial charge on any atom is -0.347 e. The van der Waals surface area contributed by atoms with Gasteiger partial charge in [0, 0.05) is 18.6 Å². The van der Waals surface area contributed by atoms with Gasteiger partial charge in [-0.3, -0.25) is 13.8 Å². The first-order valence-corrected chi connectivity index (χ1v) is 10.4. The van der Waals surface area contributed by atoms with Crippen LogP contribution in [0.4, 0.5) is 0 Å². The van der Waals surface area contributed by atoms with Crippen LogP contribution >= 0.6 is 0 Å². The highest BCUT2D eigenvalue weighted by molar-refractivity contribution is 7.85. The van der Waals surface area contributed by atoms with Crippen LogP contribution in [-0.4, -0.2) is 42.8 Å². The fourth-order valence-electron chi connectivity index (χ4n) is 2.95. The molecular weight excluding hydrogens is 382 g/mol. The molecule has 1 aromatic carbocycles. The largest absolute Gasteiger partial charge is 0.347 e. The molecule has 0 saturated heterocycles. The molecular formula is C19H21N3O5S. The third kappa shape index (κ3) is 4.05. The molecule has 1 N–H and O–H groups in total. The lowest BCUT2D eigenvalue weighted by Gasteiger charge is -2.15. The van der Waals surface area contributed by atoms with E-state index in [-0.39, 0.29) is 17.7 Å². The van der Waals surface area contributed by atoms with Crippen LogP contribution in [0.3, 0.4) is 0 Å². The SMILES string of the molecule is Cc1cccc2cc3c(=O)n(C)cc(C(=O)NC(C)COS(C)(=O)=O)c3nc12. The van der Waals surface area contributed by atoms with Crippen molar-refractivity contribution >= 4 is 37.8 Å². The van der Waals surface area contributed by atoms with Crippen molar-refractivity contribution < 1.29 is 17.4 Å². The van der Waals surface area contributed by atoms with E-state index in [1.807, 2.05) is 25.1 Å². The van der Waals surface area contributed by atoms with Crippen LogP contribution in [0.1, 0.15) is 22.8 Å². The normalized spacial score (nSPS) is 13.0. The molecule has 28 heavy (non-hydrogen) atoms. The smallest absolute Gasteiger partial charge is 0.264 e. The monoisotopic (exact) mass is 403 g/mol. The zero-order chi connectivity index (χ0) is 20.6. The lowest BCUT2D eigenvalue weighted by Crippen LogP contribution is -2.37. The van der Waals surface area contributed by atoms with Gasteiger partial charge < -0.3 is 9.88 Å². The number of hydrogen-bond acceptors (Lipinski definition) is 6. The quantitative estimate of drug-likeness (QED) is 0.511. The fraction of sp³-hybridized carbons (Fsp3) is 0.316. The van der Waals surface area contributed by atoms with Crippen molar-refractivity contribution in [3.63, 3.8) is 0 Å². The molecule has 0 aliphatic rings. The molecule has 0 radical (unpaired) electrons. The molecule has 0 aliphatic carbocycles. The number of hydrogen-bond donors (Lipinski definition) is 1. The summed E-state index contributed by atoms with van der Waals surface area (Å²) in [6.45, 7) is 3.34. The number of fused-ring (bicyclic) bond motifs is 2. The van der Waals surface area contributed by atoms with Crippen molar-refractivity contribution in [2.24, 2.45) is 7.05 Å². The van der Waals surface area contributed by atoms with E-state index in [0.29, 0.717) is 16.4 Å². The van der Waals surface area contributed by atoms with E-state index < -0.39 is 22.1 Å². The topological polar surface area (TPSA) is 107 Å². The first-order chi connectivity index (χ1) is 13.1. The molecule has 2 heterocycles. The van der Waals surface area contributed by atoms with E-state index in [4.69, 9.17) is 4.18 Å². The van der Waals surface area contributed by atoms with Gasteiger partial charge in [-0.1, -0.05) is 18.2 Å². The molecule has 9 heteroatoms. The maximum absolute atomic E-state index is 12.8. The fourth-order valence-corrected chi connectivity index (χ4v) is 3.40. The lowest BCUT2D eigenvalue weighted by atomic mass is 10.1. The van der Waals surface area contributed by atoms with Gasteiger partial charge in [-0.05, 0) is 25.5 Å². The average molecular weight is 403 g/mol. The highest BCUT2D eigenvalue weighted by Gasteiger charge is 2.19. The number of carbonyl (C=O) groups is 1. The summed E-state index contributed by atoms with van der Waals surface area (Å²) in [5.74, 6) is -0.467. The van der Waals surface area contributed by atoms with Gasteiger partial charge in [0.15, 0.2) is 0 Å². The third-order valence-electron chi connectivity index (χ3n) is 4.33. The number of rotatable bonds is 5. The molecule has 0 fully saturated rings. The average Bonchev–Trinajstić information content (AvgIpc) is 2.62. The second kappa shape index (κ2) is 7.33. The summed E-state index contributed by atoms with van der Waals surface area (Å²) in [6.07, 6.45) is 2.38. The van der Waals surface area contributed by atoms with Gasteiger partial charge in [0.25, 0.3) is 21.6 Å². The van der Waals surface area contributed by atoms with Crippen LogP contribution in [0.2, 0.25) is 0 Å². The molecule has 8 nitrogen and oxygen atoms in total. The second-order valence-corrected chi connectivity index (χ2v) is 8.50. The molecule has 1 amide bonds. The number of amides is 1. The zero-order valence-corrected chi connectivity index (χ0v) is 16.8. The summed E-state index contributed by atoms with van der Waals surface area (Å²) in [5, 5.41) is 3.84. The highest BCUT2D eigenvalue weighted by atomic mass is 32.2. The van der Waals surface area contributed by atoms with Crippen LogP contribution < -0.4 is 10.9 Å².